The second-order valence-corrected chi connectivity index (χ2v) is 7.65. The Morgan fingerprint density at radius 1 is 1.00 bits per heavy atom. The highest BCUT2D eigenvalue weighted by Crippen LogP contribution is 2.21. The molecule has 0 aliphatic rings. The summed E-state index contributed by atoms with van der Waals surface area (Å²) in [4.78, 5) is 26.1. The Hall–Kier alpha value is -2.51. The first-order valence-electron chi connectivity index (χ1n) is 8.17. The van der Waals surface area contributed by atoms with Crippen LogP contribution in [0, 0.1) is 0 Å². The molecule has 0 radical (unpaired) electrons. The molecule has 0 aromatic heterocycles. The Morgan fingerprint density at radius 3 is 2.12 bits per heavy atom. The lowest BCUT2D eigenvalue weighted by Gasteiger charge is -2.25. The highest BCUT2D eigenvalue weighted by molar-refractivity contribution is 7.89. The smallest absolute Gasteiger partial charge is 0.238 e. The zero-order valence-corrected chi connectivity index (χ0v) is 15.6. The van der Waals surface area contributed by atoms with E-state index in [9.17, 15) is 18.0 Å². The number of hydrogen-bond donors (Lipinski definition) is 1. The van der Waals surface area contributed by atoms with Gasteiger partial charge in [-0.15, -0.1) is 0 Å². The van der Waals surface area contributed by atoms with Gasteiger partial charge in [-0.05, 0) is 24.6 Å². The maximum atomic E-state index is 12.4. The van der Waals surface area contributed by atoms with Crippen LogP contribution in [0.1, 0.15) is 41.7 Å². The molecule has 0 aliphatic carbocycles. The largest absolute Gasteiger partial charge is 0.339 e. The molecule has 0 fully saturated rings. The van der Waals surface area contributed by atoms with Gasteiger partial charge in [0.1, 0.15) is 0 Å². The number of primary sulfonamides is 1. The fourth-order valence-corrected chi connectivity index (χ4v) is 3.06. The summed E-state index contributed by atoms with van der Waals surface area (Å²) in [6.07, 6.45) is 0.258. The summed E-state index contributed by atoms with van der Waals surface area (Å²) < 4.78 is 22.6. The minimum Gasteiger partial charge on any atom is -0.339 e. The van der Waals surface area contributed by atoms with Gasteiger partial charge in [-0.3, -0.25) is 9.59 Å². The summed E-state index contributed by atoms with van der Waals surface area (Å²) in [5, 5.41) is 5.08. The summed E-state index contributed by atoms with van der Waals surface area (Å²) in [7, 11) is -2.08. The summed E-state index contributed by atoms with van der Waals surface area (Å²) >= 11 is 0. The molecule has 0 aliphatic heterocycles. The van der Waals surface area contributed by atoms with E-state index in [4.69, 9.17) is 5.14 Å². The topological polar surface area (TPSA) is 97.5 Å². The van der Waals surface area contributed by atoms with Gasteiger partial charge in [0.05, 0.1) is 10.9 Å². The van der Waals surface area contributed by atoms with Gasteiger partial charge in [-0.2, -0.15) is 0 Å². The van der Waals surface area contributed by atoms with E-state index in [0.29, 0.717) is 5.56 Å². The molecule has 7 heteroatoms. The van der Waals surface area contributed by atoms with Crippen LogP contribution < -0.4 is 5.14 Å². The van der Waals surface area contributed by atoms with Crippen LogP contribution in [0.4, 0.5) is 0 Å². The Morgan fingerprint density at radius 2 is 1.58 bits per heavy atom. The minimum atomic E-state index is -3.74. The SMILES string of the molecule is CC(c1ccc(S(N)(=O)=O)cc1)N(C)C(=O)CCC(=O)c1ccccc1. The predicted octanol–water partition coefficient (Wildman–Crippen LogP) is 2.52. The lowest BCUT2D eigenvalue weighted by Crippen LogP contribution is -2.30. The van der Waals surface area contributed by atoms with Gasteiger partial charge in [-0.1, -0.05) is 42.5 Å². The van der Waals surface area contributed by atoms with Crippen LogP contribution in [-0.4, -0.2) is 32.1 Å². The van der Waals surface area contributed by atoms with Crippen LogP contribution in [0.2, 0.25) is 0 Å². The van der Waals surface area contributed by atoms with Crippen LogP contribution in [0.15, 0.2) is 59.5 Å². The third kappa shape index (κ3) is 5.00. The van der Waals surface area contributed by atoms with Crippen molar-refractivity contribution in [2.45, 2.75) is 30.7 Å². The second-order valence-electron chi connectivity index (χ2n) is 6.08. The number of amides is 1. The number of rotatable bonds is 7. The van der Waals surface area contributed by atoms with Gasteiger partial charge in [0, 0.05) is 25.5 Å². The number of carbonyl (C=O) groups is 2. The first-order valence-corrected chi connectivity index (χ1v) is 9.71. The summed E-state index contributed by atoms with van der Waals surface area (Å²) in [5.74, 6) is -0.227. The van der Waals surface area contributed by atoms with E-state index in [1.54, 1.807) is 48.3 Å². The maximum absolute atomic E-state index is 12.4. The molecule has 0 saturated heterocycles. The molecule has 138 valence electrons. The summed E-state index contributed by atoms with van der Waals surface area (Å²) in [5.41, 5.74) is 1.37. The first-order chi connectivity index (χ1) is 12.2. The van der Waals surface area contributed by atoms with E-state index in [1.807, 2.05) is 13.0 Å². The van der Waals surface area contributed by atoms with E-state index < -0.39 is 10.0 Å². The van der Waals surface area contributed by atoms with Crippen LogP contribution in [0.25, 0.3) is 0 Å². The van der Waals surface area contributed by atoms with E-state index in [-0.39, 0.29) is 35.5 Å². The number of Topliss-reactive ketones (excluding diaryl/α,β-unsaturated/α-hetero) is 1. The van der Waals surface area contributed by atoms with E-state index in [2.05, 4.69) is 0 Å². The number of sulfonamides is 1. The van der Waals surface area contributed by atoms with Gasteiger partial charge in [-0.25, -0.2) is 13.6 Å². The maximum Gasteiger partial charge on any atom is 0.238 e. The molecule has 6 nitrogen and oxygen atoms in total. The van der Waals surface area contributed by atoms with E-state index >= 15 is 0 Å². The third-order valence-corrected chi connectivity index (χ3v) is 5.26. The lowest BCUT2D eigenvalue weighted by atomic mass is 10.0. The standard InChI is InChI=1S/C19H22N2O4S/c1-14(15-8-10-17(11-9-15)26(20,24)25)21(2)19(23)13-12-18(22)16-6-4-3-5-7-16/h3-11,14H,12-13H2,1-2H3,(H2,20,24,25). The Balaban J connectivity index is 1.97. The number of nitrogens with zero attached hydrogens (tertiary/aromatic N) is 1. The number of nitrogens with two attached hydrogens (primary N) is 1. The molecule has 26 heavy (non-hydrogen) atoms. The molecule has 2 aromatic carbocycles. The molecule has 1 atom stereocenters. The van der Waals surface area contributed by atoms with Crippen molar-refractivity contribution in [3.63, 3.8) is 0 Å². The van der Waals surface area contributed by atoms with Crippen molar-refractivity contribution in [1.82, 2.24) is 4.90 Å². The Bertz CT molecular complexity index is 878. The van der Waals surface area contributed by atoms with Crippen molar-refractivity contribution in [2.24, 2.45) is 5.14 Å². The normalized spacial score (nSPS) is 12.4. The van der Waals surface area contributed by atoms with Gasteiger partial charge < -0.3 is 4.90 Å². The zero-order chi connectivity index (χ0) is 19.3. The number of ketones is 1. The Labute approximate surface area is 153 Å². The van der Waals surface area contributed by atoms with Gasteiger partial charge in [0.2, 0.25) is 15.9 Å². The number of hydrogen-bond acceptors (Lipinski definition) is 4. The van der Waals surface area contributed by atoms with Gasteiger partial charge in [0.15, 0.2) is 5.78 Å². The molecular formula is C19H22N2O4S. The fraction of sp³-hybridized carbons (Fsp3) is 0.263. The highest BCUT2D eigenvalue weighted by Gasteiger charge is 2.19. The Kier molecular flexibility index (Phi) is 6.28. The van der Waals surface area contributed by atoms with Crippen LogP contribution >= 0.6 is 0 Å². The average molecular weight is 374 g/mol. The highest BCUT2D eigenvalue weighted by atomic mass is 32.2. The average Bonchev–Trinajstić information content (AvgIpc) is 2.64. The number of benzene rings is 2. The van der Waals surface area contributed by atoms with E-state index in [1.165, 1.54) is 12.1 Å². The lowest BCUT2D eigenvalue weighted by molar-refractivity contribution is -0.131. The molecule has 0 spiro atoms. The third-order valence-electron chi connectivity index (χ3n) is 4.33. The molecule has 0 bridgehead atoms. The first kappa shape index (κ1) is 19.8. The molecule has 1 unspecified atom stereocenters. The quantitative estimate of drug-likeness (QED) is 0.753. The van der Waals surface area contributed by atoms with Crippen LogP contribution in [0.3, 0.4) is 0 Å². The van der Waals surface area contributed by atoms with Gasteiger partial charge >= 0.3 is 0 Å². The monoisotopic (exact) mass is 374 g/mol. The minimum absolute atomic E-state index is 0.0240. The number of carbonyl (C=O) groups excluding carboxylic acids is 2. The van der Waals surface area contributed by atoms with Crippen molar-refractivity contribution >= 4 is 21.7 Å². The summed E-state index contributed by atoms with van der Waals surface area (Å²) in [6, 6.07) is 14.7. The molecule has 2 rings (SSSR count). The summed E-state index contributed by atoms with van der Waals surface area (Å²) in [6.45, 7) is 1.84. The molecule has 0 saturated carbocycles. The zero-order valence-electron chi connectivity index (χ0n) is 14.8. The molecule has 1 amide bonds. The van der Waals surface area contributed by atoms with Gasteiger partial charge in [0.25, 0.3) is 0 Å². The van der Waals surface area contributed by atoms with Crippen LogP contribution in [-0.2, 0) is 14.8 Å². The predicted molar refractivity (Wildman–Crippen MR) is 99.0 cm³/mol. The van der Waals surface area contributed by atoms with E-state index in [0.717, 1.165) is 5.56 Å². The van der Waals surface area contributed by atoms with Crippen molar-refractivity contribution in [3.05, 3.63) is 65.7 Å². The van der Waals surface area contributed by atoms with Crippen molar-refractivity contribution in [1.29, 1.82) is 0 Å². The molecule has 2 N–H and O–H groups in total. The van der Waals surface area contributed by atoms with Crippen LogP contribution in [0.5, 0.6) is 0 Å². The molecule has 2 aromatic rings. The molecule has 0 heterocycles. The fourth-order valence-electron chi connectivity index (χ4n) is 2.54. The van der Waals surface area contributed by atoms with Crippen molar-refractivity contribution in [3.8, 4) is 0 Å². The second kappa shape index (κ2) is 8.25. The molecular weight excluding hydrogens is 352 g/mol. The van der Waals surface area contributed by atoms with Crippen molar-refractivity contribution in [2.75, 3.05) is 7.05 Å². The van der Waals surface area contributed by atoms with Crippen molar-refractivity contribution < 1.29 is 18.0 Å².